The zero-order chi connectivity index (χ0) is 47.2. The van der Waals surface area contributed by atoms with Gasteiger partial charge in [-0.2, -0.15) is 0 Å². The SMILES string of the molecule is CCCCC/C=C\C/C=C\C/C=C\CCCCCCCCC(=O)OCC(COC(=O)CCCCCCCCCCCCCC)OC(=O)CCCCCCC/C=C\CCCCCCCCC. The standard InChI is InChI=1S/C59H106O6/c1-4-7-10-13-16-19-22-25-27-29-30-31-33-34-37-40-43-46-49-52-58(61)64-55-56(54-63-57(60)51-48-45-42-39-36-24-21-18-15-12-9-6-3)65-59(62)53-50-47-44-41-38-35-32-28-26-23-20-17-14-11-8-5-2/h16,19,25,27-28,30-32,56H,4-15,17-18,20-24,26,29,33-55H2,1-3H3/b19-16-,27-25-,31-30-,32-28-. The predicted molar refractivity (Wildman–Crippen MR) is 279 cm³/mol. The first kappa shape index (κ1) is 62.4. The summed E-state index contributed by atoms with van der Waals surface area (Å²) in [5, 5.41) is 0. The Labute approximate surface area is 403 Å². The Hall–Kier alpha value is -2.63. The first-order valence-corrected chi connectivity index (χ1v) is 28.1. The lowest BCUT2D eigenvalue weighted by Gasteiger charge is -2.18. The minimum atomic E-state index is -0.780. The van der Waals surface area contributed by atoms with Crippen LogP contribution in [-0.4, -0.2) is 37.2 Å². The molecular weight excluding hydrogens is 805 g/mol. The van der Waals surface area contributed by atoms with Gasteiger partial charge in [0.2, 0.25) is 0 Å². The zero-order valence-electron chi connectivity index (χ0n) is 43.3. The highest BCUT2D eigenvalue weighted by molar-refractivity contribution is 5.71. The van der Waals surface area contributed by atoms with Crippen LogP contribution in [0.25, 0.3) is 0 Å². The van der Waals surface area contributed by atoms with Crippen LogP contribution in [0.1, 0.15) is 290 Å². The normalized spacial score (nSPS) is 12.4. The molecule has 6 heteroatoms. The molecule has 378 valence electrons. The maximum absolute atomic E-state index is 12.8. The number of hydrogen-bond donors (Lipinski definition) is 0. The Kier molecular flexibility index (Phi) is 51.8. The fourth-order valence-electron chi connectivity index (χ4n) is 8.03. The maximum Gasteiger partial charge on any atom is 0.306 e. The molecule has 1 atom stereocenters. The highest BCUT2D eigenvalue weighted by Crippen LogP contribution is 2.15. The summed E-state index contributed by atoms with van der Waals surface area (Å²) < 4.78 is 16.8. The second kappa shape index (κ2) is 54.0. The van der Waals surface area contributed by atoms with Gasteiger partial charge in [-0.25, -0.2) is 0 Å². The van der Waals surface area contributed by atoms with E-state index in [9.17, 15) is 14.4 Å². The van der Waals surface area contributed by atoms with Crippen LogP contribution in [-0.2, 0) is 28.6 Å². The van der Waals surface area contributed by atoms with Crippen molar-refractivity contribution in [2.45, 2.75) is 297 Å². The van der Waals surface area contributed by atoms with Gasteiger partial charge in [-0.3, -0.25) is 14.4 Å². The molecule has 6 nitrogen and oxygen atoms in total. The van der Waals surface area contributed by atoms with Gasteiger partial charge in [0.05, 0.1) is 0 Å². The highest BCUT2D eigenvalue weighted by Gasteiger charge is 2.19. The summed E-state index contributed by atoms with van der Waals surface area (Å²) >= 11 is 0. The molecule has 0 aromatic carbocycles. The van der Waals surface area contributed by atoms with Crippen LogP contribution in [0.3, 0.4) is 0 Å². The van der Waals surface area contributed by atoms with Crippen molar-refractivity contribution in [3.05, 3.63) is 48.6 Å². The number of ether oxygens (including phenoxy) is 3. The first-order valence-electron chi connectivity index (χ1n) is 28.1. The minimum absolute atomic E-state index is 0.0780. The van der Waals surface area contributed by atoms with Gasteiger partial charge in [0, 0.05) is 19.3 Å². The van der Waals surface area contributed by atoms with E-state index in [0.717, 1.165) is 83.5 Å². The predicted octanol–water partition coefficient (Wildman–Crippen LogP) is 18.7. The van der Waals surface area contributed by atoms with Crippen molar-refractivity contribution in [1.82, 2.24) is 0 Å². The molecule has 0 aliphatic heterocycles. The average Bonchev–Trinajstić information content (AvgIpc) is 3.30. The lowest BCUT2D eigenvalue weighted by Crippen LogP contribution is -2.30. The molecule has 0 radical (unpaired) electrons. The molecule has 0 aromatic heterocycles. The third-order valence-electron chi connectivity index (χ3n) is 12.3. The number of allylic oxidation sites excluding steroid dienone is 8. The average molecular weight is 911 g/mol. The molecule has 0 rings (SSSR count). The summed E-state index contributed by atoms with van der Waals surface area (Å²) in [6.07, 6.45) is 65.2. The zero-order valence-corrected chi connectivity index (χ0v) is 43.3. The van der Waals surface area contributed by atoms with Gasteiger partial charge < -0.3 is 14.2 Å². The third kappa shape index (κ3) is 52.2. The molecule has 0 spiro atoms. The summed E-state index contributed by atoms with van der Waals surface area (Å²) in [6.45, 7) is 6.61. The largest absolute Gasteiger partial charge is 0.462 e. The molecule has 1 unspecified atom stereocenters. The van der Waals surface area contributed by atoms with Gasteiger partial charge in [-0.1, -0.05) is 236 Å². The Balaban J connectivity index is 4.37. The quantitative estimate of drug-likeness (QED) is 0.0262. The molecule has 0 N–H and O–H groups in total. The lowest BCUT2D eigenvalue weighted by molar-refractivity contribution is -0.167. The van der Waals surface area contributed by atoms with Gasteiger partial charge in [-0.05, 0) is 83.5 Å². The number of carbonyl (C=O) groups is 3. The van der Waals surface area contributed by atoms with E-state index >= 15 is 0 Å². The molecule has 0 saturated heterocycles. The Morgan fingerprint density at radius 2 is 0.554 bits per heavy atom. The summed E-state index contributed by atoms with van der Waals surface area (Å²) in [5.41, 5.74) is 0. The number of carbonyl (C=O) groups excluding carboxylic acids is 3. The number of esters is 3. The summed E-state index contributed by atoms with van der Waals surface area (Å²) in [5.74, 6) is -0.888. The van der Waals surface area contributed by atoms with E-state index in [1.807, 2.05) is 0 Å². The molecule has 0 aliphatic carbocycles. The third-order valence-corrected chi connectivity index (χ3v) is 12.3. The number of unbranched alkanes of at least 4 members (excludes halogenated alkanes) is 32. The molecule has 0 bridgehead atoms. The van der Waals surface area contributed by atoms with Crippen molar-refractivity contribution in [1.29, 1.82) is 0 Å². The Morgan fingerprint density at radius 3 is 0.908 bits per heavy atom. The van der Waals surface area contributed by atoms with Crippen LogP contribution in [0.15, 0.2) is 48.6 Å². The van der Waals surface area contributed by atoms with E-state index in [1.54, 1.807) is 0 Å². The minimum Gasteiger partial charge on any atom is -0.462 e. The molecule has 0 saturated carbocycles. The second-order valence-corrected chi connectivity index (χ2v) is 18.8. The molecule has 65 heavy (non-hydrogen) atoms. The van der Waals surface area contributed by atoms with Crippen LogP contribution in [0.2, 0.25) is 0 Å². The van der Waals surface area contributed by atoms with Crippen LogP contribution in [0.4, 0.5) is 0 Å². The monoisotopic (exact) mass is 911 g/mol. The van der Waals surface area contributed by atoms with E-state index in [0.29, 0.717) is 19.3 Å². The first-order chi connectivity index (χ1) is 32.0. The summed E-state index contributed by atoms with van der Waals surface area (Å²) in [7, 11) is 0. The van der Waals surface area contributed by atoms with Crippen LogP contribution in [0, 0.1) is 0 Å². The molecule has 0 fully saturated rings. The van der Waals surface area contributed by atoms with E-state index in [1.165, 1.54) is 167 Å². The molecule has 0 aliphatic rings. The van der Waals surface area contributed by atoms with Crippen molar-refractivity contribution in [3.8, 4) is 0 Å². The lowest BCUT2D eigenvalue weighted by atomic mass is 10.0. The summed E-state index contributed by atoms with van der Waals surface area (Å²) in [4.78, 5) is 38.1. The maximum atomic E-state index is 12.8. The van der Waals surface area contributed by atoms with Crippen LogP contribution in [0.5, 0.6) is 0 Å². The highest BCUT2D eigenvalue weighted by atomic mass is 16.6. The van der Waals surface area contributed by atoms with Gasteiger partial charge >= 0.3 is 17.9 Å². The van der Waals surface area contributed by atoms with Crippen molar-refractivity contribution >= 4 is 17.9 Å². The van der Waals surface area contributed by atoms with Crippen LogP contribution < -0.4 is 0 Å². The van der Waals surface area contributed by atoms with Crippen molar-refractivity contribution in [2.24, 2.45) is 0 Å². The van der Waals surface area contributed by atoms with Gasteiger partial charge in [0.1, 0.15) is 13.2 Å². The smallest absolute Gasteiger partial charge is 0.306 e. The van der Waals surface area contributed by atoms with Crippen LogP contribution >= 0.6 is 0 Å². The van der Waals surface area contributed by atoms with E-state index < -0.39 is 6.10 Å². The van der Waals surface area contributed by atoms with Crippen molar-refractivity contribution in [2.75, 3.05) is 13.2 Å². The second-order valence-electron chi connectivity index (χ2n) is 18.8. The van der Waals surface area contributed by atoms with Crippen molar-refractivity contribution < 1.29 is 28.6 Å². The molecule has 0 heterocycles. The van der Waals surface area contributed by atoms with Gasteiger partial charge in [-0.15, -0.1) is 0 Å². The van der Waals surface area contributed by atoms with E-state index in [2.05, 4.69) is 69.4 Å². The van der Waals surface area contributed by atoms with E-state index in [4.69, 9.17) is 14.2 Å². The van der Waals surface area contributed by atoms with Gasteiger partial charge in [0.15, 0.2) is 6.10 Å². The number of hydrogen-bond acceptors (Lipinski definition) is 6. The number of rotatable bonds is 51. The fourth-order valence-corrected chi connectivity index (χ4v) is 8.03. The fraction of sp³-hybridized carbons (Fsp3) is 0.814. The summed E-state index contributed by atoms with van der Waals surface area (Å²) in [6, 6.07) is 0. The van der Waals surface area contributed by atoms with Gasteiger partial charge in [0.25, 0.3) is 0 Å². The van der Waals surface area contributed by atoms with Crippen molar-refractivity contribution in [3.63, 3.8) is 0 Å². The molecule has 0 aromatic rings. The molecule has 0 amide bonds. The van der Waals surface area contributed by atoms with E-state index in [-0.39, 0.29) is 31.1 Å². The Bertz CT molecular complexity index is 1140. The molecular formula is C59H106O6. The topological polar surface area (TPSA) is 78.9 Å². The Morgan fingerprint density at radius 1 is 0.308 bits per heavy atom.